The third-order valence-corrected chi connectivity index (χ3v) is 5.84. The Labute approximate surface area is 153 Å². The SMILES string of the molecule is COc1cc([C@@H]2[C@H]3[C@@H](N(C)C(=O)N(C)[C@@H]3C)N(C)C(=O)N2C)ccc1O. The summed E-state index contributed by atoms with van der Waals surface area (Å²) in [7, 11) is 8.50. The number of aromatic hydroxyl groups is 1. The Morgan fingerprint density at radius 3 is 2.12 bits per heavy atom. The van der Waals surface area contributed by atoms with Crippen molar-refractivity contribution in [2.45, 2.75) is 25.2 Å². The molecule has 4 amide bonds. The maximum absolute atomic E-state index is 12.8. The molecule has 0 unspecified atom stereocenters. The third kappa shape index (κ3) is 2.43. The van der Waals surface area contributed by atoms with Gasteiger partial charge in [0.25, 0.3) is 0 Å². The number of phenols is 1. The second kappa shape index (κ2) is 6.26. The number of ether oxygens (including phenoxy) is 1. The molecule has 0 spiro atoms. The van der Waals surface area contributed by atoms with Gasteiger partial charge in [0.05, 0.1) is 13.2 Å². The van der Waals surface area contributed by atoms with Crippen molar-refractivity contribution in [1.29, 1.82) is 0 Å². The lowest BCUT2D eigenvalue weighted by Crippen LogP contribution is -2.71. The number of nitrogens with zero attached hydrogens (tertiary/aromatic N) is 4. The Morgan fingerprint density at radius 1 is 0.962 bits per heavy atom. The second-order valence-corrected chi connectivity index (χ2v) is 7.12. The molecule has 3 rings (SSSR count). The van der Waals surface area contributed by atoms with E-state index in [4.69, 9.17) is 4.74 Å². The molecule has 2 saturated heterocycles. The van der Waals surface area contributed by atoms with Crippen molar-refractivity contribution in [3.05, 3.63) is 23.8 Å². The Kier molecular flexibility index (Phi) is 4.37. The molecule has 0 radical (unpaired) electrons. The highest BCUT2D eigenvalue weighted by Crippen LogP contribution is 2.44. The van der Waals surface area contributed by atoms with E-state index in [0.29, 0.717) is 5.75 Å². The minimum Gasteiger partial charge on any atom is -0.504 e. The zero-order chi connectivity index (χ0) is 19.3. The summed E-state index contributed by atoms with van der Waals surface area (Å²) in [6.45, 7) is 2.00. The number of rotatable bonds is 2. The Hall–Kier alpha value is -2.64. The van der Waals surface area contributed by atoms with Gasteiger partial charge in [-0.25, -0.2) is 9.59 Å². The van der Waals surface area contributed by atoms with Crippen LogP contribution in [0.15, 0.2) is 18.2 Å². The van der Waals surface area contributed by atoms with E-state index in [1.54, 1.807) is 66.0 Å². The van der Waals surface area contributed by atoms with Crippen LogP contribution in [0, 0.1) is 5.92 Å². The number of methoxy groups -OCH3 is 1. The van der Waals surface area contributed by atoms with Crippen LogP contribution in [0.3, 0.4) is 0 Å². The van der Waals surface area contributed by atoms with Gasteiger partial charge < -0.3 is 29.4 Å². The summed E-state index contributed by atoms with van der Waals surface area (Å²) in [5.74, 6) is 0.375. The molecule has 2 aliphatic rings. The zero-order valence-corrected chi connectivity index (χ0v) is 16.0. The number of carbonyl (C=O) groups is 2. The molecule has 142 valence electrons. The van der Waals surface area contributed by atoms with Crippen LogP contribution in [0.1, 0.15) is 18.5 Å². The quantitative estimate of drug-likeness (QED) is 0.870. The second-order valence-electron chi connectivity index (χ2n) is 7.12. The summed E-state index contributed by atoms with van der Waals surface area (Å²) in [6.07, 6.45) is -0.345. The number of hydrogen-bond acceptors (Lipinski definition) is 4. The van der Waals surface area contributed by atoms with E-state index < -0.39 is 0 Å². The molecule has 1 aromatic carbocycles. The highest BCUT2D eigenvalue weighted by molar-refractivity contribution is 5.80. The van der Waals surface area contributed by atoms with Gasteiger partial charge in [-0.3, -0.25) is 0 Å². The lowest BCUT2D eigenvalue weighted by molar-refractivity contribution is -0.0652. The Bertz CT molecular complexity index is 736. The minimum atomic E-state index is -0.345. The van der Waals surface area contributed by atoms with Crippen LogP contribution in [0.4, 0.5) is 9.59 Å². The van der Waals surface area contributed by atoms with Gasteiger partial charge in [-0.05, 0) is 24.6 Å². The van der Waals surface area contributed by atoms with Crippen molar-refractivity contribution < 1.29 is 19.4 Å². The van der Waals surface area contributed by atoms with Crippen LogP contribution in [-0.2, 0) is 0 Å². The monoisotopic (exact) mass is 362 g/mol. The van der Waals surface area contributed by atoms with Gasteiger partial charge in [-0.2, -0.15) is 0 Å². The fourth-order valence-electron chi connectivity index (χ4n) is 4.31. The average Bonchev–Trinajstić information content (AvgIpc) is 2.63. The average molecular weight is 362 g/mol. The molecular weight excluding hydrogens is 336 g/mol. The number of amides is 4. The number of benzene rings is 1. The van der Waals surface area contributed by atoms with Crippen LogP contribution in [0.5, 0.6) is 11.5 Å². The van der Waals surface area contributed by atoms with E-state index in [-0.39, 0.29) is 42.0 Å². The first-order valence-corrected chi connectivity index (χ1v) is 8.56. The summed E-state index contributed by atoms with van der Waals surface area (Å²) in [4.78, 5) is 32.1. The first-order valence-electron chi connectivity index (χ1n) is 8.56. The molecule has 1 aromatic rings. The van der Waals surface area contributed by atoms with E-state index in [9.17, 15) is 14.7 Å². The molecule has 4 atom stereocenters. The standard InChI is InChI=1S/C18H26N4O4/c1-10-14-15(11-7-8-12(23)13(9-11)26-6)20(3)18(25)22(5)16(14)21(4)17(24)19(10)2/h7-10,14-16,23H,1-6H3/t10-,14+,15-,16+/m1/s1. The van der Waals surface area contributed by atoms with Crippen LogP contribution >= 0.6 is 0 Å². The van der Waals surface area contributed by atoms with E-state index in [1.165, 1.54) is 7.11 Å². The predicted octanol–water partition coefficient (Wildman–Crippen LogP) is 1.77. The fraction of sp³-hybridized carbons (Fsp3) is 0.556. The maximum atomic E-state index is 12.8. The third-order valence-electron chi connectivity index (χ3n) is 5.84. The van der Waals surface area contributed by atoms with E-state index >= 15 is 0 Å². The molecule has 0 bridgehead atoms. The van der Waals surface area contributed by atoms with Crippen molar-refractivity contribution in [3.63, 3.8) is 0 Å². The zero-order valence-electron chi connectivity index (χ0n) is 16.0. The summed E-state index contributed by atoms with van der Waals surface area (Å²) in [5.41, 5.74) is 0.863. The molecule has 0 aliphatic carbocycles. The smallest absolute Gasteiger partial charge is 0.321 e. The van der Waals surface area contributed by atoms with Crippen molar-refractivity contribution in [2.75, 3.05) is 35.3 Å². The summed E-state index contributed by atoms with van der Waals surface area (Å²) in [6, 6.07) is 4.54. The highest BCUT2D eigenvalue weighted by Gasteiger charge is 2.54. The first kappa shape index (κ1) is 18.2. The van der Waals surface area contributed by atoms with Crippen LogP contribution in [-0.4, -0.2) is 84.3 Å². The van der Waals surface area contributed by atoms with Crippen LogP contribution in [0.2, 0.25) is 0 Å². The molecule has 2 aliphatic heterocycles. The molecule has 8 nitrogen and oxygen atoms in total. The van der Waals surface area contributed by atoms with Crippen molar-refractivity contribution in [3.8, 4) is 11.5 Å². The minimum absolute atomic E-state index is 0.0374. The molecule has 8 heteroatoms. The maximum Gasteiger partial charge on any atom is 0.321 e. The van der Waals surface area contributed by atoms with E-state index in [1.807, 2.05) is 6.92 Å². The molecule has 0 saturated carbocycles. The van der Waals surface area contributed by atoms with Crippen molar-refractivity contribution in [2.24, 2.45) is 5.92 Å². The van der Waals surface area contributed by atoms with Crippen LogP contribution < -0.4 is 4.74 Å². The van der Waals surface area contributed by atoms with Gasteiger partial charge in [0.15, 0.2) is 11.5 Å². The molecule has 26 heavy (non-hydrogen) atoms. The molecular formula is C18H26N4O4. The highest BCUT2D eigenvalue weighted by atomic mass is 16.5. The Morgan fingerprint density at radius 2 is 1.54 bits per heavy atom. The van der Waals surface area contributed by atoms with Gasteiger partial charge in [0.1, 0.15) is 6.17 Å². The number of fused-ring (bicyclic) bond motifs is 1. The van der Waals surface area contributed by atoms with Crippen molar-refractivity contribution in [1.82, 2.24) is 19.6 Å². The van der Waals surface area contributed by atoms with Crippen molar-refractivity contribution >= 4 is 12.1 Å². The number of phenolic OH excluding ortho intramolecular Hbond substituents is 1. The number of hydrogen-bond donors (Lipinski definition) is 1. The summed E-state index contributed by atoms with van der Waals surface area (Å²) < 4.78 is 5.24. The summed E-state index contributed by atoms with van der Waals surface area (Å²) >= 11 is 0. The number of carbonyl (C=O) groups excluding carboxylic acids is 2. The largest absolute Gasteiger partial charge is 0.504 e. The Balaban J connectivity index is 2.13. The summed E-state index contributed by atoms with van der Waals surface area (Å²) in [5, 5.41) is 9.92. The molecule has 2 fully saturated rings. The first-order chi connectivity index (χ1) is 12.2. The molecule has 0 aromatic heterocycles. The van der Waals surface area contributed by atoms with Gasteiger partial charge in [-0.1, -0.05) is 6.07 Å². The van der Waals surface area contributed by atoms with Gasteiger partial charge in [0, 0.05) is 40.2 Å². The normalized spacial score (nSPS) is 29.2. The van der Waals surface area contributed by atoms with Gasteiger partial charge >= 0.3 is 12.1 Å². The predicted molar refractivity (Wildman–Crippen MR) is 96.0 cm³/mol. The van der Waals surface area contributed by atoms with E-state index in [0.717, 1.165) is 5.56 Å². The lowest BCUT2D eigenvalue weighted by atomic mass is 9.80. The van der Waals surface area contributed by atoms with E-state index in [2.05, 4.69) is 0 Å². The lowest BCUT2D eigenvalue weighted by Gasteiger charge is -2.57. The molecule has 2 heterocycles. The fourth-order valence-corrected chi connectivity index (χ4v) is 4.31. The molecule has 1 N–H and O–H groups in total. The van der Waals surface area contributed by atoms with Gasteiger partial charge in [0.2, 0.25) is 0 Å². The van der Waals surface area contributed by atoms with Gasteiger partial charge in [-0.15, -0.1) is 0 Å². The van der Waals surface area contributed by atoms with Crippen LogP contribution in [0.25, 0.3) is 0 Å². The topological polar surface area (TPSA) is 76.6 Å². The number of urea groups is 2.